The topological polar surface area (TPSA) is 42.7 Å². The monoisotopic (exact) mass is 374 g/mol. The van der Waals surface area contributed by atoms with Crippen molar-refractivity contribution in [1.82, 2.24) is 14.5 Å². The van der Waals surface area contributed by atoms with Crippen LogP contribution in [0.2, 0.25) is 0 Å². The second-order valence-corrected chi connectivity index (χ2v) is 6.60. The molecule has 0 spiro atoms. The molecule has 0 fully saturated rings. The fourth-order valence-corrected chi connectivity index (χ4v) is 3.31. The van der Waals surface area contributed by atoms with Gasteiger partial charge in [0.05, 0.1) is 0 Å². The molecule has 0 aliphatic carbocycles. The number of imidazole rings is 1. The molecule has 0 atom stereocenters. The summed E-state index contributed by atoms with van der Waals surface area (Å²) in [6.07, 6.45) is 5.54. The zero-order valence-corrected chi connectivity index (χ0v) is 16.0. The van der Waals surface area contributed by atoms with Crippen molar-refractivity contribution in [2.45, 2.75) is 10.9 Å². The van der Waals surface area contributed by atoms with E-state index in [1.807, 2.05) is 78.6 Å². The molecular formula is C22H22N4S. The van der Waals surface area contributed by atoms with E-state index in [0.717, 1.165) is 22.4 Å². The smallest absolute Gasteiger partial charge is 0.174 e. The number of rotatable bonds is 5. The van der Waals surface area contributed by atoms with Crippen LogP contribution in [0.4, 0.5) is 5.69 Å². The van der Waals surface area contributed by atoms with Crippen molar-refractivity contribution in [3.05, 3.63) is 103 Å². The maximum atomic E-state index is 4.39. The molecule has 2 aromatic heterocycles. The van der Waals surface area contributed by atoms with Gasteiger partial charge in [0, 0.05) is 37.1 Å². The second kappa shape index (κ2) is 10.2. The predicted molar refractivity (Wildman–Crippen MR) is 113 cm³/mol. The highest BCUT2D eigenvalue weighted by atomic mass is 32.2. The summed E-state index contributed by atoms with van der Waals surface area (Å²) >= 11 is 1.71. The van der Waals surface area contributed by atoms with Crippen molar-refractivity contribution in [2.24, 2.45) is 0 Å². The Kier molecular flexibility index (Phi) is 7.07. The standard InChI is InChI=1S/C15H13N3S.C7H9N/c1-2-6-13(7-3-1)12-19-15-17-10-11-18(15)14-8-4-5-9-16-14;1-8-7-5-3-2-4-6-7/h1-11H,12H2;2-6,8H,1H3. The van der Waals surface area contributed by atoms with E-state index >= 15 is 0 Å². The molecule has 0 saturated heterocycles. The van der Waals surface area contributed by atoms with Gasteiger partial charge in [0.15, 0.2) is 5.16 Å². The molecule has 0 radical (unpaired) electrons. The van der Waals surface area contributed by atoms with E-state index in [0.29, 0.717) is 0 Å². The van der Waals surface area contributed by atoms with Crippen LogP contribution in [0.3, 0.4) is 0 Å². The second-order valence-electron chi connectivity index (χ2n) is 5.66. The largest absolute Gasteiger partial charge is 0.388 e. The summed E-state index contributed by atoms with van der Waals surface area (Å²) in [5.74, 6) is 1.81. The van der Waals surface area contributed by atoms with Crippen molar-refractivity contribution >= 4 is 17.4 Å². The molecule has 0 bridgehead atoms. The minimum Gasteiger partial charge on any atom is -0.388 e. The molecular weight excluding hydrogens is 352 g/mol. The Morgan fingerprint density at radius 2 is 1.52 bits per heavy atom. The van der Waals surface area contributed by atoms with E-state index in [-0.39, 0.29) is 0 Å². The lowest BCUT2D eigenvalue weighted by Gasteiger charge is -2.06. The van der Waals surface area contributed by atoms with Gasteiger partial charge in [0.1, 0.15) is 5.82 Å². The Morgan fingerprint density at radius 1 is 0.815 bits per heavy atom. The van der Waals surface area contributed by atoms with Gasteiger partial charge in [-0.15, -0.1) is 0 Å². The van der Waals surface area contributed by atoms with Crippen molar-refractivity contribution in [2.75, 3.05) is 12.4 Å². The number of para-hydroxylation sites is 1. The van der Waals surface area contributed by atoms with Gasteiger partial charge in [-0.05, 0) is 29.8 Å². The van der Waals surface area contributed by atoms with Gasteiger partial charge in [-0.1, -0.05) is 66.4 Å². The van der Waals surface area contributed by atoms with Crippen LogP contribution in [0.1, 0.15) is 5.56 Å². The first-order valence-electron chi connectivity index (χ1n) is 8.71. The third kappa shape index (κ3) is 5.72. The first-order valence-corrected chi connectivity index (χ1v) is 9.69. The van der Waals surface area contributed by atoms with Gasteiger partial charge < -0.3 is 5.32 Å². The normalized spacial score (nSPS) is 9.96. The van der Waals surface area contributed by atoms with Crippen molar-refractivity contribution < 1.29 is 0 Å². The zero-order valence-electron chi connectivity index (χ0n) is 15.2. The van der Waals surface area contributed by atoms with E-state index in [1.165, 1.54) is 5.56 Å². The van der Waals surface area contributed by atoms with E-state index in [1.54, 1.807) is 18.0 Å². The lowest BCUT2D eigenvalue weighted by molar-refractivity contribution is 0.863. The van der Waals surface area contributed by atoms with Crippen LogP contribution in [0.5, 0.6) is 0 Å². The van der Waals surface area contributed by atoms with Crippen LogP contribution < -0.4 is 5.32 Å². The molecule has 4 rings (SSSR count). The number of aromatic nitrogens is 3. The van der Waals surface area contributed by atoms with Crippen molar-refractivity contribution in [1.29, 1.82) is 0 Å². The third-order valence-electron chi connectivity index (χ3n) is 3.78. The first kappa shape index (κ1) is 18.7. The molecule has 4 aromatic rings. The SMILES string of the molecule is CNc1ccccc1.c1ccc(CSc2nccn2-c2ccccn2)cc1. The maximum absolute atomic E-state index is 4.39. The van der Waals surface area contributed by atoms with Crippen LogP contribution in [0, 0.1) is 0 Å². The quantitative estimate of drug-likeness (QED) is 0.482. The van der Waals surface area contributed by atoms with Gasteiger partial charge in [-0.25, -0.2) is 9.97 Å². The Morgan fingerprint density at radius 3 is 2.15 bits per heavy atom. The highest BCUT2D eigenvalue weighted by molar-refractivity contribution is 7.98. The van der Waals surface area contributed by atoms with Gasteiger partial charge in [0.25, 0.3) is 0 Å². The molecule has 0 saturated carbocycles. The first-order chi connectivity index (χ1) is 13.4. The number of nitrogens with zero attached hydrogens (tertiary/aromatic N) is 3. The number of hydrogen-bond donors (Lipinski definition) is 1. The van der Waals surface area contributed by atoms with E-state index < -0.39 is 0 Å². The number of anilines is 1. The Hall–Kier alpha value is -3.05. The molecule has 0 aliphatic heterocycles. The fraction of sp³-hybridized carbons (Fsp3) is 0.0909. The summed E-state index contributed by atoms with van der Waals surface area (Å²) in [5, 5.41) is 3.99. The number of thioether (sulfide) groups is 1. The van der Waals surface area contributed by atoms with Crippen LogP contribution in [-0.2, 0) is 5.75 Å². The molecule has 5 heteroatoms. The molecule has 0 amide bonds. The molecule has 1 N–H and O–H groups in total. The van der Waals surface area contributed by atoms with Crippen LogP contribution in [0.15, 0.2) is 103 Å². The van der Waals surface area contributed by atoms with Crippen LogP contribution in [0.25, 0.3) is 5.82 Å². The fourth-order valence-electron chi connectivity index (χ4n) is 2.39. The summed E-state index contributed by atoms with van der Waals surface area (Å²) in [4.78, 5) is 8.74. The van der Waals surface area contributed by atoms with Gasteiger partial charge in [-0.3, -0.25) is 4.57 Å². The number of benzene rings is 2. The molecule has 2 aromatic carbocycles. The lowest BCUT2D eigenvalue weighted by Crippen LogP contribution is -1.97. The molecule has 4 nitrogen and oxygen atoms in total. The van der Waals surface area contributed by atoms with Crippen LogP contribution >= 0.6 is 11.8 Å². The van der Waals surface area contributed by atoms with Gasteiger partial charge >= 0.3 is 0 Å². The number of hydrogen-bond acceptors (Lipinski definition) is 4. The van der Waals surface area contributed by atoms with Crippen molar-refractivity contribution in [3.63, 3.8) is 0 Å². The highest BCUT2D eigenvalue weighted by Gasteiger charge is 2.06. The van der Waals surface area contributed by atoms with E-state index in [9.17, 15) is 0 Å². The third-order valence-corrected chi connectivity index (χ3v) is 4.81. The maximum Gasteiger partial charge on any atom is 0.174 e. The average molecular weight is 375 g/mol. The van der Waals surface area contributed by atoms with E-state index in [4.69, 9.17) is 0 Å². The van der Waals surface area contributed by atoms with Crippen molar-refractivity contribution in [3.8, 4) is 5.82 Å². The minimum atomic E-state index is 0.899. The predicted octanol–water partition coefficient (Wildman–Crippen LogP) is 5.29. The van der Waals surface area contributed by atoms with Crippen LogP contribution in [-0.4, -0.2) is 21.6 Å². The summed E-state index contributed by atoms with van der Waals surface area (Å²) < 4.78 is 2.01. The summed E-state index contributed by atoms with van der Waals surface area (Å²) in [5.41, 5.74) is 2.45. The minimum absolute atomic E-state index is 0.899. The molecule has 0 aliphatic rings. The lowest BCUT2D eigenvalue weighted by atomic mass is 10.2. The summed E-state index contributed by atoms with van der Waals surface area (Å²) in [6.45, 7) is 0. The summed E-state index contributed by atoms with van der Waals surface area (Å²) in [7, 11) is 1.91. The highest BCUT2D eigenvalue weighted by Crippen LogP contribution is 2.23. The summed E-state index contributed by atoms with van der Waals surface area (Å²) in [6, 6.07) is 26.3. The zero-order chi connectivity index (χ0) is 18.7. The Bertz CT molecular complexity index is 909. The average Bonchev–Trinajstić information content (AvgIpc) is 3.23. The van der Waals surface area contributed by atoms with E-state index in [2.05, 4.69) is 39.6 Å². The van der Waals surface area contributed by atoms with Gasteiger partial charge in [-0.2, -0.15) is 0 Å². The number of pyridine rings is 1. The van der Waals surface area contributed by atoms with Gasteiger partial charge in [0.2, 0.25) is 0 Å². The molecule has 2 heterocycles. The molecule has 136 valence electrons. The number of nitrogens with one attached hydrogen (secondary N) is 1. The molecule has 0 unspecified atom stereocenters. The molecule has 27 heavy (non-hydrogen) atoms. The Labute approximate surface area is 164 Å². The Balaban J connectivity index is 0.000000221.